The fraction of sp³-hybridized carbons (Fsp3) is 0.579. The van der Waals surface area contributed by atoms with Crippen LogP contribution in [0.4, 0.5) is 9.59 Å². The van der Waals surface area contributed by atoms with Crippen LogP contribution in [0.1, 0.15) is 18.4 Å². The Morgan fingerprint density at radius 1 is 0.964 bits per heavy atom. The van der Waals surface area contributed by atoms with E-state index in [1.165, 1.54) is 12.8 Å². The third kappa shape index (κ3) is 9.03. The average molecular weight is 396 g/mol. The predicted octanol–water partition coefficient (Wildman–Crippen LogP) is 1.20. The van der Waals surface area contributed by atoms with Gasteiger partial charge >= 0.3 is 12.2 Å². The van der Waals surface area contributed by atoms with Crippen molar-refractivity contribution in [2.24, 2.45) is 0 Å². The van der Waals surface area contributed by atoms with Crippen LogP contribution in [0.5, 0.6) is 0 Å². The van der Waals surface area contributed by atoms with Crippen molar-refractivity contribution < 1.29 is 33.6 Å². The Labute approximate surface area is 164 Å². The molecule has 0 saturated carbocycles. The van der Waals surface area contributed by atoms with Crippen LogP contribution in [-0.4, -0.2) is 69.0 Å². The second-order valence-corrected chi connectivity index (χ2v) is 6.32. The first-order valence-corrected chi connectivity index (χ1v) is 9.36. The van der Waals surface area contributed by atoms with Crippen LogP contribution < -0.4 is 10.6 Å². The van der Waals surface area contributed by atoms with Crippen LogP contribution in [0.2, 0.25) is 0 Å². The van der Waals surface area contributed by atoms with Crippen molar-refractivity contribution in [3.8, 4) is 0 Å². The molecule has 9 heteroatoms. The summed E-state index contributed by atoms with van der Waals surface area (Å²) in [7, 11) is 0. The lowest BCUT2D eigenvalue weighted by atomic mass is 10.2. The van der Waals surface area contributed by atoms with Gasteiger partial charge in [0, 0.05) is 13.2 Å². The van der Waals surface area contributed by atoms with Gasteiger partial charge in [-0.2, -0.15) is 0 Å². The summed E-state index contributed by atoms with van der Waals surface area (Å²) in [5.74, 6) is 0. The summed E-state index contributed by atoms with van der Waals surface area (Å²) in [6.45, 7) is 3.85. The van der Waals surface area contributed by atoms with Crippen molar-refractivity contribution in [2.75, 3.05) is 39.5 Å². The van der Waals surface area contributed by atoms with Gasteiger partial charge in [0.2, 0.25) is 0 Å². The number of benzene rings is 1. The maximum absolute atomic E-state index is 10.7. The fourth-order valence-corrected chi connectivity index (χ4v) is 2.45. The molecule has 0 spiro atoms. The standard InChI is InChI=1S/C11H13NO3.C4H7NO3.C4H8O/c13-11-12-6-10(15-11)8-14-7-9-4-2-1-3-5-9;6-2-3-1-5-4(7)8-3;1-2-4-5-3-1/h1-5,10H,6-8H2,(H,12,13);3,6H,1-2H2,(H,5,7);1-4H2/t10-;3-;/m11./s1. The van der Waals surface area contributed by atoms with E-state index in [-0.39, 0.29) is 24.9 Å². The zero-order chi connectivity index (χ0) is 20.0. The summed E-state index contributed by atoms with van der Waals surface area (Å²) < 4.78 is 19.8. The SMILES string of the molecule is C1CCOC1.O=C1NC[C@H](CO)O1.O=C1NC[C@H](COCc2ccccc2)O1. The Bertz CT molecular complexity index is 573. The molecule has 3 N–H and O–H groups in total. The minimum absolute atomic E-state index is 0.0985. The molecule has 0 aromatic heterocycles. The molecule has 3 fully saturated rings. The molecule has 0 radical (unpaired) electrons. The van der Waals surface area contributed by atoms with Crippen LogP contribution >= 0.6 is 0 Å². The van der Waals surface area contributed by atoms with Gasteiger partial charge in [0.1, 0.15) is 12.2 Å². The molecule has 3 heterocycles. The lowest BCUT2D eigenvalue weighted by Crippen LogP contribution is -2.20. The van der Waals surface area contributed by atoms with Gasteiger partial charge in [-0.15, -0.1) is 0 Å². The fourth-order valence-electron chi connectivity index (χ4n) is 2.45. The van der Waals surface area contributed by atoms with E-state index in [1.54, 1.807) is 0 Å². The van der Waals surface area contributed by atoms with Crippen LogP contribution in [-0.2, 0) is 25.6 Å². The number of carbonyl (C=O) groups is 2. The molecular formula is C19H28N2O7. The first kappa shape index (κ1) is 21.9. The number of amides is 2. The van der Waals surface area contributed by atoms with Gasteiger partial charge < -0.3 is 34.7 Å². The highest BCUT2D eigenvalue weighted by molar-refractivity contribution is 5.69. The number of aliphatic hydroxyl groups is 1. The number of hydrogen-bond donors (Lipinski definition) is 3. The monoisotopic (exact) mass is 396 g/mol. The number of hydrogen-bond acceptors (Lipinski definition) is 7. The first-order valence-electron chi connectivity index (χ1n) is 9.36. The molecular weight excluding hydrogens is 368 g/mol. The van der Waals surface area contributed by atoms with Crippen molar-refractivity contribution in [1.29, 1.82) is 0 Å². The van der Waals surface area contributed by atoms with Gasteiger partial charge in [0.25, 0.3) is 0 Å². The summed E-state index contributed by atoms with van der Waals surface area (Å²) in [6.07, 6.45) is 1.27. The zero-order valence-electron chi connectivity index (χ0n) is 15.8. The topological polar surface area (TPSA) is 115 Å². The molecule has 0 bridgehead atoms. The number of cyclic esters (lactones) is 2. The van der Waals surface area contributed by atoms with Crippen LogP contribution in [0.25, 0.3) is 0 Å². The van der Waals surface area contributed by atoms with Crippen LogP contribution in [0.3, 0.4) is 0 Å². The summed E-state index contributed by atoms with van der Waals surface area (Å²) >= 11 is 0. The van der Waals surface area contributed by atoms with Crippen LogP contribution in [0.15, 0.2) is 30.3 Å². The van der Waals surface area contributed by atoms with Gasteiger partial charge in [0.05, 0.1) is 32.9 Å². The Balaban J connectivity index is 0.000000179. The quantitative estimate of drug-likeness (QED) is 0.685. The van der Waals surface area contributed by atoms with E-state index in [1.807, 2.05) is 30.3 Å². The number of ether oxygens (including phenoxy) is 4. The predicted molar refractivity (Wildman–Crippen MR) is 99.8 cm³/mol. The molecule has 3 aliphatic rings. The van der Waals surface area contributed by atoms with Crippen molar-refractivity contribution in [3.63, 3.8) is 0 Å². The number of alkyl carbamates (subject to hydrolysis) is 2. The van der Waals surface area contributed by atoms with Gasteiger partial charge in [-0.25, -0.2) is 9.59 Å². The molecule has 4 rings (SSSR count). The third-order valence-electron chi connectivity index (χ3n) is 3.94. The van der Waals surface area contributed by atoms with Gasteiger partial charge in [-0.05, 0) is 18.4 Å². The Morgan fingerprint density at radius 3 is 2.00 bits per heavy atom. The molecule has 0 aliphatic carbocycles. The smallest absolute Gasteiger partial charge is 0.407 e. The van der Waals surface area contributed by atoms with Gasteiger partial charge in [0.15, 0.2) is 0 Å². The van der Waals surface area contributed by atoms with E-state index in [2.05, 4.69) is 15.4 Å². The molecule has 2 atom stereocenters. The summed E-state index contributed by atoms with van der Waals surface area (Å²) in [4.78, 5) is 20.9. The molecule has 1 aromatic carbocycles. The van der Waals surface area contributed by atoms with E-state index in [0.29, 0.717) is 26.3 Å². The minimum atomic E-state index is -0.441. The summed E-state index contributed by atoms with van der Waals surface area (Å²) in [5, 5.41) is 13.3. The van der Waals surface area contributed by atoms with Crippen molar-refractivity contribution in [3.05, 3.63) is 35.9 Å². The number of nitrogens with one attached hydrogen (secondary N) is 2. The zero-order valence-corrected chi connectivity index (χ0v) is 15.8. The average Bonchev–Trinajstić information content (AvgIpc) is 3.48. The number of carbonyl (C=O) groups excluding carboxylic acids is 2. The number of rotatable bonds is 5. The van der Waals surface area contributed by atoms with Crippen molar-refractivity contribution in [2.45, 2.75) is 31.7 Å². The minimum Gasteiger partial charge on any atom is -0.442 e. The maximum Gasteiger partial charge on any atom is 0.407 e. The van der Waals surface area contributed by atoms with Crippen LogP contribution in [0, 0.1) is 0 Å². The molecule has 2 amide bonds. The highest BCUT2D eigenvalue weighted by atomic mass is 16.6. The Morgan fingerprint density at radius 2 is 1.57 bits per heavy atom. The lowest BCUT2D eigenvalue weighted by molar-refractivity contribution is 0.0381. The molecule has 156 valence electrons. The number of aliphatic hydroxyl groups excluding tert-OH is 1. The van der Waals surface area contributed by atoms with Gasteiger partial charge in [-0.3, -0.25) is 0 Å². The van der Waals surface area contributed by atoms with E-state index in [0.717, 1.165) is 18.8 Å². The summed E-state index contributed by atoms with van der Waals surface area (Å²) in [6, 6.07) is 9.90. The van der Waals surface area contributed by atoms with E-state index >= 15 is 0 Å². The molecule has 3 aliphatic heterocycles. The Hall–Kier alpha value is -2.36. The first-order chi connectivity index (χ1) is 13.7. The second-order valence-electron chi connectivity index (χ2n) is 6.32. The van der Waals surface area contributed by atoms with Crippen molar-refractivity contribution in [1.82, 2.24) is 10.6 Å². The highest BCUT2D eigenvalue weighted by Crippen LogP contribution is 2.04. The molecule has 3 saturated heterocycles. The second kappa shape index (κ2) is 12.9. The molecule has 1 aromatic rings. The summed E-state index contributed by atoms with van der Waals surface area (Å²) in [5.41, 5.74) is 1.12. The maximum atomic E-state index is 10.7. The normalized spacial score (nSPS) is 22.6. The van der Waals surface area contributed by atoms with E-state index in [4.69, 9.17) is 19.3 Å². The van der Waals surface area contributed by atoms with Gasteiger partial charge in [-0.1, -0.05) is 30.3 Å². The third-order valence-corrected chi connectivity index (χ3v) is 3.94. The molecule has 0 unspecified atom stereocenters. The largest absolute Gasteiger partial charge is 0.442 e. The van der Waals surface area contributed by atoms with E-state index in [9.17, 15) is 9.59 Å². The lowest BCUT2D eigenvalue weighted by Gasteiger charge is -2.08. The highest BCUT2D eigenvalue weighted by Gasteiger charge is 2.22. The molecule has 28 heavy (non-hydrogen) atoms. The molecule has 9 nitrogen and oxygen atoms in total. The van der Waals surface area contributed by atoms with Crippen molar-refractivity contribution >= 4 is 12.2 Å². The Kier molecular flexibility index (Phi) is 10.1. The van der Waals surface area contributed by atoms with E-state index < -0.39 is 6.09 Å².